The van der Waals surface area contributed by atoms with Crippen molar-refractivity contribution >= 4 is 11.6 Å². The minimum Gasteiger partial charge on any atom is -0.497 e. The van der Waals surface area contributed by atoms with E-state index >= 15 is 0 Å². The van der Waals surface area contributed by atoms with Crippen LogP contribution in [-0.4, -0.2) is 25.6 Å². The Bertz CT molecular complexity index is 641. The Hall–Kier alpha value is -1.51. The molecular formula is C18H20ClNO. The average Bonchev–Trinajstić information content (AvgIpc) is 2.65. The lowest BCUT2D eigenvalue weighted by atomic mass is 9.86. The molecule has 1 unspecified atom stereocenters. The molecular weight excluding hydrogens is 282 g/mol. The summed E-state index contributed by atoms with van der Waals surface area (Å²) in [6, 6.07) is 14.6. The van der Waals surface area contributed by atoms with Crippen molar-refractivity contribution in [1.29, 1.82) is 0 Å². The fourth-order valence-electron chi connectivity index (χ4n) is 3.14. The zero-order chi connectivity index (χ0) is 14.8. The van der Waals surface area contributed by atoms with E-state index in [-0.39, 0.29) is 0 Å². The first-order chi connectivity index (χ1) is 10.2. The van der Waals surface area contributed by atoms with Crippen molar-refractivity contribution in [3.8, 4) is 5.75 Å². The molecule has 0 aromatic heterocycles. The highest BCUT2D eigenvalue weighted by Gasteiger charge is 2.24. The van der Waals surface area contributed by atoms with Gasteiger partial charge in [0.05, 0.1) is 7.11 Å². The van der Waals surface area contributed by atoms with Crippen LogP contribution in [0.25, 0.3) is 0 Å². The van der Waals surface area contributed by atoms with Crippen LogP contribution >= 0.6 is 11.6 Å². The topological polar surface area (TPSA) is 12.5 Å². The van der Waals surface area contributed by atoms with Crippen molar-refractivity contribution < 1.29 is 4.74 Å². The van der Waals surface area contributed by atoms with Crippen LogP contribution in [0, 0.1) is 0 Å². The second-order valence-electron chi connectivity index (χ2n) is 5.67. The van der Waals surface area contributed by atoms with Crippen LogP contribution in [0.4, 0.5) is 0 Å². The summed E-state index contributed by atoms with van der Waals surface area (Å²) in [5.41, 5.74) is 3.92. The van der Waals surface area contributed by atoms with E-state index in [0.717, 1.165) is 30.3 Å². The van der Waals surface area contributed by atoms with E-state index in [4.69, 9.17) is 16.3 Å². The normalized spacial score (nSPS) is 18.9. The van der Waals surface area contributed by atoms with Gasteiger partial charge < -0.3 is 9.64 Å². The van der Waals surface area contributed by atoms with Crippen molar-refractivity contribution in [1.82, 2.24) is 4.90 Å². The van der Waals surface area contributed by atoms with Gasteiger partial charge in [0.2, 0.25) is 0 Å². The summed E-state index contributed by atoms with van der Waals surface area (Å²) in [4.78, 5) is 2.36. The van der Waals surface area contributed by atoms with Crippen molar-refractivity contribution in [2.24, 2.45) is 0 Å². The third kappa shape index (κ3) is 2.92. The minimum atomic E-state index is 0.351. The molecule has 2 nitrogen and oxygen atoms in total. The molecule has 2 aromatic carbocycles. The molecule has 1 aliphatic rings. The maximum Gasteiger partial charge on any atom is 0.119 e. The second-order valence-corrected chi connectivity index (χ2v) is 6.07. The standard InChI is InChI=1S/C18H20ClNO/c1-20-10-9-16(17-5-3-4-6-18(17)19)15-8-7-14(21-2)11-13(15)12-20/h3-8,11,16H,9-10,12H2,1-2H3. The van der Waals surface area contributed by atoms with E-state index < -0.39 is 0 Å². The predicted octanol–water partition coefficient (Wildman–Crippen LogP) is 4.32. The van der Waals surface area contributed by atoms with Crippen LogP contribution < -0.4 is 4.74 Å². The smallest absolute Gasteiger partial charge is 0.119 e. The molecule has 1 atom stereocenters. The van der Waals surface area contributed by atoms with Crippen LogP contribution in [0.15, 0.2) is 42.5 Å². The number of hydrogen-bond donors (Lipinski definition) is 0. The summed E-state index contributed by atoms with van der Waals surface area (Å²) in [7, 11) is 3.88. The number of rotatable bonds is 2. The zero-order valence-corrected chi connectivity index (χ0v) is 13.2. The van der Waals surface area contributed by atoms with Crippen LogP contribution in [0.5, 0.6) is 5.75 Å². The van der Waals surface area contributed by atoms with Crippen molar-refractivity contribution in [2.45, 2.75) is 18.9 Å². The molecule has 0 fully saturated rings. The van der Waals surface area contributed by atoms with E-state index in [9.17, 15) is 0 Å². The van der Waals surface area contributed by atoms with Gasteiger partial charge in [0.1, 0.15) is 5.75 Å². The van der Waals surface area contributed by atoms with Crippen LogP contribution in [-0.2, 0) is 6.54 Å². The van der Waals surface area contributed by atoms with Crippen molar-refractivity contribution in [3.05, 3.63) is 64.2 Å². The lowest BCUT2D eigenvalue weighted by Crippen LogP contribution is -2.17. The van der Waals surface area contributed by atoms with Gasteiger partial charge in [-0.25, -0.2) is 0 Å². The molecule has 110 valence electrons. The van der Waals surface area contributed by atoms with E-state index in [1.807, 2.05) is 18.2 Å². The van der Waals surface area contributed by atoms with Gasteiger partial charge in [0.15, 0.2) is 0 Å². The zero-order valence-electron chi connectivity index (χ0n) is 12.5. The fraction of sp³-hybridized carbons (Fsp3) is 0.333. The lowest BCUT2D eigenvalue weighted by molar-refractivity contribution is 0.327. The Labute approximate surface area is 131 Å². The molecule has 0 amide bonds. The molecule has 2 aromatic rings. The number of halogens is 1. The van der Waals surface area contributed by atoms with Gasteiger partial charge in [-0.3, -0.25) is 0 Å². The molecule has 3 rings (SSSR count). The molecule has 0 radical (unpaired) electrons. The lowest BCUT2D eigenvalue weighted by Gasteiger charge is -2.19. The first kappa shape index (κ1) is 14.4. The first-order valence-electron chi connectivity index (χ1n) is 7.29. The summed E-state index contributed by atoms with van der Waals surface area (Å²) >= 11 is 6.43. The third-order valence-corrected chi connectivity index (χ3v) is 4.59. The molecule has 21 heavy (non-hydrogen) atoms. The van der Waals surface area contributed by atoms with E-state index in [1.54, 1.807) is 7.11 Å². The van der Waals surface area contributed by atoms with Gasteiger partial charge in [0.25, 0.3) is 0 Å². The minimum absolute atomic E-state index is 0.351. The van der Waals surface area contributed by atoms with Crippen LogP contribution in [0.2, 0.25) is 5.02 Å². The van der Waals surface area contributed by atoms with E-state index in [2.05, 4.69) is 36.2 Å². The fourth-order valence-corrected chi connectivity index (χ4v) is 3.41. The highest BCUT2D eigenvalue weighted by atomic mass is 35.5. The van der Waals surface area contributed by atoms with Gasteiger partial charge in [-0.2, -0.15) is 0 Å². The van der Waals surface area contributed by atoms with Crippen molar-refractivity contribution in [3.63, 3.8) is 0 Å². The summed E-state index contributed by atoms with van der Waals surface area (Å²) in [5, 5.41) is 0.855. The molecule has 0 spiro atoms. The number of ether oxygens (including phenoxy) is 1. The summed E-state index contributed by atoms with van der Waals surface area (Å²) < 4.78 is 5.38. The van der Waals surface area contributed by atoms with Gasteiger partial charge in [-0.05, 0) is 54.9 Å². The number of benzene rings is 2. The van der Waals surface area contributed by atoms with E-state index in [0.29, 0.717) is 5.92 Å². The van der Waals surface area contributed by atoms with Gasteiger partial charge in [0, 0.05) is 17.5 Å². The average molecular weight is 302 g/mol. The number of methoxy groups -OCH3 is 1. The van der Waals surface area contributed by atoms with Crippen LogP contribution in [0.1, 0.15) is 29.0 Å². The van der Waals surface area contributed by atoms with Gasteiger partial charge in [-0.15, -0.1) is 0 Å². The predicted molar refractivity (Wildman–Crippen MR) is 87.2 cm³/mol. The Kier molecular flexibility index (Phi) is 4.18. The maximum absolute atomic E-state index is 6.43. The number of fused-ring (bicyclic) bond motifs is 1. The Balaban J connectivity index is 2.09. The summed E-state index contributed by atoms with van der Waals surface area (Å²) in [6.07, 6.45) is 1.08. The molecule has 0 saturated heterocycles. The highest BCUT2D eigenvalue weighted by Crippen LogP contribution is 2.38. The Morgan fingerprint density at radius 1 is 1.14 bits per heavy atom. The molecule has 1 aliphatic heterocycles. The van der Waals surface area contributed by atoms with Gasteiger partial charge in [-0.1, -0.05) is 35.9 Å². The summed E-state index contributed by atoms with van der Waals surface area (Å²) in [6.45, 7) is 2.01. The van der Waals surface area contributed by atoms with Crippen molar-refractivity contribution in [2.75, 3.05) is 20.7 Å². The molecule has 0 aliphatic carbocycles. The first-order valence-corrected chi connectivity index (χ1v) is 7.66. The molecule has 1 heterocycles. The number of nitrogens with zero attached hydrogens (tertiary/aromatic N) is 1. The highest BCUT2D eigenvalue weighted by molar-refractivity contribution is 6.31. The Morgan fingerprint density at radius 2 is 1.95 bits per heavy atom. The number of hydrogen-bond acceptors (Lipinski definition) is 2. The van der Waals surface area contributed by atoms with E-state index in [1.165, 1.54) is 16.7 Å². The summed E-state index contributed by atoms with van der Waals surface area (Å²) in [5.74, 6) is 1.27. The molecule has 0 bridgehead atoms. The molecule has 0 saturated carbocycles. The monoisotopic (exact) mass is 301 g/mol. The van der Waals surface area contributed by atoms with Gasteiger partial charge >= 0.3 is 0 Å². The van der Waals surface area contributed by atoms with Crippen LogP contribution in [0.3, 0.4) is 0 Å². The SMILES string of the molecule is COc1ccc2c(c1)CN(C)CCC2c1ccccc1Cl. The largest absolute Gasteiger partial charge is 0.497 e. The second kappa shape index (κ2) is 6.08. The maximum atomic E-state index is 6.43. The molecule has 3 heteroatoms. The molecule has 0 N–H and O–H groups in total. The third-order valence-electron chi connectivity index (χ3n) is 4.25. The quantitative estimate of drug-likeness (QED) is 0.819. The Morgan fingerprint density at radius 3 is 2.71 bits per heavy atom.